The summed E-state index contributed by atoms with van der Waals surface area (Å²) in [7, 11) is 0. The number of para-hydroxylation sites is 1. The van der Waals surface area contributed by atoms with Crippen LogP contribution < -0.4 is 10.1 Å². The number of benzene rings is 1. The standard InChI is InChI=1S/C12H16BrNO/c1-2-14-7-9-6-10-4-3-5-11(13)12(10)15-8-9/h3-5,9,14H,2,6-8H2,1H3. The molecule has 0 aromatic heterocycles. The minimum absolute atomic E-state index is 0.603. The van der Waals surface area contributed by atoms with Gasteiger partial charge in [0.1, 0.15) is 5.75 Å². The van der Waals surface area contributed by atoms with Crippen molar-refractivity contribution in [2.24, 2.45) is 5.92 Å². The molecule has 1 unspecified atom stereocenters. The zero-order valence-corrected chi connectivity index (χ0v) is 10.5. The van der Waals surface area contributed by atoms with E-state index in [-0.39, 0.29) is 0 Å². The number of nitrogens with one attached hydrogen (secondary N) is 1. The van der Waals surface area contributed by atoms with Crippen LogP contribution in [0, 0.1) is 5.92 Å². The lowest BCUT2D eigenvalue weighted by atomic mass is 9.97. The van der Waals surface area contributed by atoms with Crippen LogP contribution in [0.4, 0.5) is 0 Å². The monoisotopic (exact) mass is 269 g/mol. The molecule has 0 fully saturated rings. The Bertz CT molecular complexity index is 340. The molecule has 0 amide bonds. The third-order valence-electron chi connectivity index (χ3n) is 2.70. The van der Waals surface area contributed by atoms with E-state index in [0.29, 0.717) is 5.92 Å². The number of hydrogen-bond donors (Lipinski definition) is 1. The molecule has 0 spiro atoms. The van der Waals surface area contributed by atoms with E-state index in [2.05, 4.69) is 40.3 Å². The van der Waals surface area contributed by atoms with Gasteiger partial charge in [0, 0.05) is 12.5 Å². The SMILES string of the molecule is CCNCC1COc2c(Br)cccc2C1. The van der Waals surface area contributed by atoms with Crippen molar-refractivity contribution in [2.45, 2.75) is 13.3 Å². The maximum Gasteiger partial charge on any atom is 0.136 e. The first-order valence-electron chi connectivity index (χ1n) is 5.42. The fourth-order valence-corrected chi connectivity index (χ4v) is 2.45. The van der Waals surface area contributed by atoms with Crippen LogP contribution in [0.5, 0.6) is 5.75 Å². The zero-order valence-electron chi connectivity index (χ0n) is 8.92. The molecule has 1 aromatic rings. The van der Waals surface area contributed by atoms with Crippen LogP contribution in [0.15, 0.2) is 22.7 Å². The van der Waals surface area contributed by atoms with Crippen molar-refractivity contribution in [1.29, 1.82) is 0 Å². The van der Waals surface area contributed by atoms with Crippen LogP contribution in [-0.2, 0) is 6.42 Å². The molecule has 0 radical (unpaired) electrons. The van der Waals surface area contributed by atoms with Crippen molar-refractivity contribution in [3.8, 4) is 5.75 Å². The quantitative estimate of drug-likeness (QED) is 0.911. The first kappa shape index (κ1) is 11.0. The van der Waals surface area contributed by atoms with Crippen LogP contribution in [-0.4, -0.2) is 19.7 Å². The van der Waals surface area contributed by atoms with Crippen LogP contribution >= 0.6 is 15.9 Å². The van der Waals surface area contributed by atoms with Gasteiger partial charge in [0.05, 0.1) is 11.1 Å². The minimum Gasteiger partial charge on any atom is -0.492 e. The van der Waals surface area contributed by atoms with Gasteiger partial charge in [0.15, 0.2) is 0 Å². The minimum atomic E-state index is 0.603. The highest BCUT2D eigenvalue weighted by molar-refractivity contribution is 9.10. The summed E-state index contributed by atoms with van der Waals surface area (Å²) in [5.74, 6) is 1.64. The molecule has 2 rings (SSSR count). The molecule has 82 valence electrons. The zero-order chi connectivity index (χ0) is 10.7. The molecular weight excluding hydrogens is 254 g/mol. The summed E-state index contributed by atoms with van der Waals surface area (Å²) in [6.07, 6.45) is 1.11. The van der Waals surface area contributed by atoms with E-state index in [0.717, 1.165) is 36.3 Å². The van der Waals surface area contributed by atoms with Gasteiger partial charge >= 0.3 is 0 Å². The second-order valence-electron chi connectivity index (χ2n) is 3.92. The van der Waals surface area contributed by atoms with Crippen LogP contribution in [0.2, 0.25) is 0 Å². The molecule has 1 atom stereocenters. The van der Waals surface area contributed by atoms with Crippen molar-refractivity contribution < 1.29 is 4.74 Å². The van der Waals surface area contributed by atoms with Gasteiger partial charge in [0.2, 0.25) is 0 Å². The Morgan fingerprint density at radius 1 is 1.53 bits per heavy atom. The van der Waals surface area contributed by atoms with E-state index >= 15 is 0 Å². The molecule has 0 aliphatic carbocycles. The van der Waals surface area contributed by atoms with E-state index in [9.17, 15) is 0 Å². The predicted molar refractivity (Wildman–Crippen MR) is 65.4 cm³/mol. The number of fused-ring (bicyclic) bond motifs is 1. The van der Waals surface area contributed by atoms with Crippen LogP contribution in [0.25, 0.3) is 0 Å². The molecule has 1 heterocycles. The number of rotatable bonds is 3. The van der Waals surface area contributed by atoms with E-state index in [4.69, 9.17) is 4.74 Å². The number of hydrogen-bond acceptors (Lipinski definition) is 2. The van der Waals surface area contributed by atoms with Gasteiger partial charge in [-0.05, 0) is 40.5 Å². The molecule has 15 heavy (non-hydrogen) atoms. The molecule has 0 saturated carbocycles. The second kappa shape index (κ2) is 4.99. The molecule has 0 saturated heterocycles. The first-order valence-corrected chi connectivity index (χ1v) is 6.21. The fraction of sp³-hybridized carbons (Fsp3) is 0.500. The highest BCUT2D eigenvalue weighted by Gasteiger charge is 2.20. The Labute approximate surface area is 99.1 Å². The molecule has 0 bridgehead atoms. The summed E-state index contributed by atoms with van der Waals surface area (Å²) in [5.41, 5.74) is 1.32. The van der Waals surface area contributed by atoms with Crippen LogP contribution in [0.1, 0.15) is 12.5 Å². The highest BCUT2D eigenvalue weighted by atomic mass is 79.9. The summed E-state index contributed by atoms with van der Waals surface area (Å²) in [6, 6.07) is 6.25. The van der Waals surface area contributed by atoms with E-state index in [1.807, 2.05) is 6.07 Å². The van der Waals surface area contributed by atoms with Gasteiger partial charge in [-0.25, -0.2) is 0 Å². The van der Waals surface area contributed by atoms with Gasteiger partial charge in [-0.1, -0.05) is 19.1 Å². The predicted octanol–water partition coefficient (Wildman–Crippen LogP) is 2.61. The van der Waals surface area contributed by atoms with E-state index in [1.54, 1.807) is 0 Å². The van der Waals surface area contributed by atoms with Crippen molar-refractivity contribution >= 4 is 15.9 Å². The van der Waals surface area contributed by atoms with Crippen molar-refractivity contribution in [3.63, 3.8) is 0 Å². The Kier molecular flexibility index (Phi) is 3.65. The number of halogens is 1. The molecule has 1 aliphatic heterocycles. The van der Waals surface area contributed by atoms with Gasteiger partial charge < -0.3 is 10.1 Å². The third kappa shape index (κ3) is 2.52. The van der Waals surface area contributed by atoms with Gasteiger partial charge in [-0.2, -0.15) is 0 Å². The summed E-state index contributed by atoms with van der Waals surface area (Å²) in [4.78, 5) is 0. The Balaban J connectivity index is 2.07. The maximum atomic E-state index is 5.78. The molecule has 3 heteroatoms. The lowest BCUT2D eigenvalue weighted by Crippen LogP contribution is -2.31. The molecule has 1 aromatic carbocycles. The topological polar surface area (TPSA) is 21.3 Å². The van der Waals surface area contributed by atoms with Gasteiger partial charge in [-0.3, -0.25) is 0 Å². The summed E-state index contributed by atoms with van der Waals surface area (Å²) < 4.78 is 6.85. The Hall–Kier alpha value is -0.540. The number of ether oxygens (including phenoxy) is 1. The average Bonchev–Trinajstić information content (AvgIpc) is 2.26. The van der Waals surface area contributed by atoms with Gasteiger partial charge in [0.25, 0.3) is 0 Å². The Morgan fingerprint density at radius 2 is 2.40 bits per heavy atom. The largest absolute Gasteiger partial charge is 0.492 e. The van der Waals surface area contributed by atoms with E-state index < -0.39 is 0 Å². The van der Waals surface area contributed by atoms with Gasteiger partial charge in [-0.15, -0.1) is 0 Å². The third-order valence-corrected chi connectivity index (χ3v) is 3.33. The van der Waals surface area contributed by atoms with Crippen molar-refractivity contribution in [1.82, 2.24) is 5.32 Å². The first-order chi connectivity index (χ1) is 7.31. The highest BCUT2D eigenvalue weighted by Crippen LogP contribution is 2.34. The second-order valence-corrected chi connectivity index (χ2v) is 4.77. The summed E-state index contributed by atoms with van der Waals surface area (Å²) in [6.45, 7) is 5.03. The lowest BCUT2D eigenvalue weighted by Gasteiger charge is -2.26. The molecule has 2 nitrogen and oxygen atoms in total. The normalized spacial score (nSPS) is 19.5. The fourth-order valence-electron chi connectivity index (χ4n) is 1.93. The summed E-state index contributed by atoms with van der Waals surface area (Å²) in [5, 5.41) is 3.37. The van der Waals surface area contributed by atoms with Crippen molar-refractivity contribution in [3.05, 3.63) is 28.2 Å². The van der Waals surface area contributed by atoms with Crippen LogP contribution in [0.3, 0.4) is 0 Å². The lowest BCUT2D eigenvalue weighted by molar-refractivity contribution is 0.217. The molecule has 1 aliphatic rings. The molecular formula is C12H16BrNO. The summed E-state index contributed by atoms with van der Waals surface area (Å²) >= 11 is 3.51. The van der Waals surface area contributed by atoms with E-state index in [1.165, 1.54) is 5.56 Å². The molecule has 1 N–H and O–H groups in total. The maximum absolute atomic E-state index is 5.78. The average molecular weight is 270 g/mol. The Morgan fingerprint density at radius 3 is 3.20 bits per heavy atom. The smallest absolute Gasteiger partial charge is 0.136 e. The van der Waals surface area contributed by atoms with Crippen molar-refractivity contribution in [2.75, 3.05) is 19.7 Å².